The molecule has 1 aromatic heterocycles. The molecular weight excluding hydrogens is 268 g/mol. The highest BCUT2D eigenvalue weighted by Crippen LogP contribution is 2.29. The molecule has 1 fully saturated rings. The molecule has 0 atom stereocenters. The maximum atomic E-state index is 5.82. The predicted octanol–water partition coefficient (Wildman–Crippen LogP) is 2.82. The second kappa shape index (κ2) is 6.18. The number of ether oxygens (including phenoxy) is 2. The number of methoxy groups -OCH3 is 1. The second-order valence-electron chi connectivity index (χ2n) is 5.36. The lowest BCUT2D eigenvalue weighted by Crippen LogP contribution is -2.15. The molecule has 5 heteroatoms. The molecule has 3 rings (SSSR count). The molecule has 2 aromatic rings. The Bertz CT molecular complexity index is 605. The summed E-state index contributed by atoms with van der Waals surface area (Å²) >= 11 is 0. The number of nitrogens with zero attached hydrogens (tertiary/aromatic N) is 1. The molecule has 0 amide bonds. The fourth-order valence-electron chi connectivity index (χ4n) is 2.13. The summed E-state index contributed by atoms with van der Waals surface area (Å²) in [5.41, 5.74) is 1.96. The molecule has 0 radical (unpaired) electrons. The molecule has 5 nitrogen and oxygen atoms in total. The lowest BCUT2D eigenvalue weighted by Gasteiger charge is -2.12. The maximum Gasteiger partial charge on any atom is 0.162 e. The fourth-order valence-corrected chi connectivity index (χ4v) is 2.13. The number of aromatic nitrogens is 1. The first-order valence-corrected chi connectivity index (χ1v) is 7.20. The van der Waals surface area contributed by atoms with Crippen LogP contribution in [0.25, 0.3) is 0 Å². The standard InChI is InChI=1S/C16H20N2O3/c1-11-7-14(18-21-11)10-20-16-8-12(3-6-15(16)19-2)9-17-13-4-5-13/h3,6-8,13,17H,4-5,9-10H2,1-2H3. The Morgan fingerprint density at radius 3 is 2.81 bits per heavy atom. The number of aryl methyl sites for hydroxylation is 1. The molecule has 1 aliphatic rings. The van der Waals surface area contributed by atoms with Crippen LogP contribution in [0.2, 0.25) is 0 Å². The van der Waals surface area contributed by atoms with Gasteiger partial charge >= 0.3 is 0 Å². The quantitative estimate of drug-likeness (QED) is 0.849. The summed E-state index contributed by atoms with van der Waals surface area (Å²) in [6.45, 7) is 3.09. The van der Waals surface area contributed by atoms with Crippen molar-refractivity contribution in [2.75, 3.05) is 7.11 Å². The van der Waals surface area contributed by atoms with Gasteiger partial charge in [0.25, 0.3) is 0 Å². The van der Waals surface area contributed by atoms with Crippen molar-refractivity contribution in [2.24, 2.45) is 0 Å². The van der Waals surface area contributed by atoms with Crippen LogP contribution < -0.4 is 14.8 Å². The minimum absolute atomic E-state index is 0.368. The zero-order valence-electron chi connectivity index (χ0n) is 12.4. The number of benzene rings is 1. The molecule has 1 aliphatic carbocycles. The summed E-state index contributed by atoms with van der Waals surface area (Å²) < 4.78 is 16.2. The second-order valence-corrected chi connectivity index (χ2v) is 5.36. The van der Waals surface area contributed by atoms with Crippen LogP contribution in [-0.2, 0) is 13.2 Å². The SMILES string of the molecule is COc1ccc(CNC2CC2)cc1OCc1cc(C)on1. The van der Waals surface area contributed by atoms with E-state index in [1.807, 2.05) is 25.1 Å². The molecule has 1 aromatic carbocycles. The summed E-state index contributed by atoms with van der Waals surface area (Å²) in [6.07, 6.45) is 2.57. The Morgan fingerprint density at radius 2 is 2.14 bits per heavy atom. The van der Waals surface area contributed by atoms with Gasteiger partial charge in [-0.15, -0.1) is 0 Å². The van der Waals surface area contributed by atoms with Crippen LogP contribution in [0.1, 0.15) is 29.9 Å². The van der Waals surface area contributed by atoms with E-state index in [-0.39, 0.29) is 0 Å². The molecule has 1 saturated carbocycles. The van der Waals surface area contributed by atoms with Crippen molar-refractivity contribution < 1.29 is 14.0 Å². The fraction of sp³-hybridized carbons (Fsp3) is 0.438. The van der Waals surface area contributed by atoms with Crippen LogP contribution in [-0.4, -0.2) is 18.3 Å². The number of nitrogens with one attached hydrogen (secondary N) is 1. The van der Waals surface area contributed by atoms with Gasteiger partial charge in [-0.1, -0.05) is 11.2 Å². The van der Waals surface area contributed by atoms with Gasteiger partial charge in [0, 0.05) is 18.7 Å². The minimum Gasteiger partial charge on any atom is -0.493 e. The van der Waals surface area contributed by atoms with Gasteiger partial charge in [0.1, 0.15) is 18.1 Å². The van der Waals surface area contributed by atoms with Crippen LogP contribution in [0, 0.1) is 6.92 Å². The van der Waals surface area contributed by atoms with E-state index >= 15 is 0 Å². The predicted molar refractivity (Wildman–Crippen MR) is 78.4 cm³/mol. The average Bonchev–Trinajstić information content (AvgIpc) is 3.24. The summed E-state index contributed by atoms with van der Waals surface area (Å²) in [7, 11) is 1.64. The van der Waals surface area contributed by atoms with E-state index in [4.69, 9.17) is 14.0 Å². The van der Waals surface area contributed by atoms with Crippen LogP contribution in [0.4, 0.5) is 0 Å². The van der Waals surface area contributed by atoms with Crippen molar-refractivity contribution in [2.45, 2.75) is 39.0 Å². The zero-order chi connectivity index (χ0) is 14.7. The summed E-state index contributed by atoms with van der Waals surface area (Å²) in [5, 5.41) is 7.41. The molecule has 1 heterocycles. The van der Waals surface area contributed by atoms with Crippen molar-refractivity contribution in [3.05, 3.63) is 41.3 Å². The molecule has 0 aliphatic heterocycles. The highest BCUT2D eigenvalue weighted by atomic mass is 16.5. The van der Waals surface area contributed by atoms with Crippen molar-refractivity contribution in [1.29, 1.82) is 0 Å². The molecule has 1 N–H and O–H groups in total. The lowest BCUT2D eigenvalue weighted by atomic mass is 10.2. The van der Waals surface area contributed by atoms with Crippen LogP contribution >= 0.6 is 0 Å². The Kier molecular flexibility index (Phi) is 4.10. The van der Waals surface area contributed by atoms with Gasteiger partial charge in [0.05, 0.1) is 7.11 Å². The number of rotatable bonds is 7. The van der Waals surface area contributed by atoms with Crippen LogP contribution in [0.15, 0.2) is 28.8 Å². The minimum atomic E-state index is 0.368. The molecule has 0 unspecified atom stereocenters. The smallest absolute Gasteiger partial charge is 0.162 e. The third kappa shape index (κ3) is 3.76. The molecular formula is C16H20N2O3. The van der Waals surface area contributed by atoms with Gasteiger partial charge in [-0.05, 0) is 37.5 Å². The topological polar surface area (TPSA) is 56.5 Å². The Labute approximate surface area is 124 Å². The van der Waals surface area contributed by atoms with E-state index in [2.05, 4.69) is 16.5 Å². The van der Waals surface area contributed by atoms with E-state index in [0.717, 1.165) is 29.5 Å². The largest absolute Gasteiger partial charge is 0.493 e. The first-order chi connectivity index (χ1) is 10.2. The highest BCUT2D eigenvalue weighted by molar-refractivity contribution is 5.43. The lowest BCUT2D eigenvalue weighted by molar-refractivity contribution is 0.271. The highest BCUT2D eigenvalue weighted by Gasteiger charge is 2.20. The first-order valence-electron chi connectivity index (χ1n) is 7.20. The first kappa shape index (κ1) is 13.9. The van der Waals surface area contributed by atoms with Gasteiger partial charge < -0.3 is 19.3 Å². The van der Waals surface area contributed by atoms with Crippen molar-refractivity contribution >= 4 is 0 Å². The third-order valence-electron chi connectivity index (χ3n) is 3.45. The van der Waals surface area contributed by atoms with Crippen molar-refractivity contribution in [3.63, 3.8) is 0 Å². The maximum absolute atomic E-state index is 5.82. The molecule has 112 valence electrons. The van der Waals surface area contributed by atoms with E-state index in [1.54, 1.807) is 7.11 Å². The van der Waals surface area contributed by atoms with Gasteiger partial charge in [-0.25, -0.2) is 0 Å². The zero-order valence-corrected chi connectivity index (χ0v) is 12.4. The van der Waals surface area contributed by atoms with Crippen LogP contribution in [0.3, 0.4) is 0 Å². The summed E-state index contributed by atoms with van der Waals surface area (Å²) in [5.74, 6) is 2.24. The third-order valence-corrected chi connectivity index (χ3v) is 3.45. The summed E-state index contributed by atoms with van der Waals surface area (Å²) in [4.78, 5) is 0. The molecule has 0 saturated heterocycles. The summed E-state index contributed by atoms with van der Waals surface area (Å²) in [6, 6.07) is 8.57. The average molecular weight is 288 g/mol. The van der Waals surface area contributed by atoms with E-state index in [0.29, 0.717) is 12.6 Å². The monoisotopic (exact) mass is 288 g/mol. The van der Waals surface area contributed by atoms with E-state index in [1.165, 1.54) is 18.4 Å². The van der Waals surface area contributed by atoms with Gasteiger partial charge in [0.15, 0.2) is 11.5 Å². The van der Waals surface area contributed by atoms with Gasteiger partial charge in [-0.2, -0.15) is 0 Å². The van der Waals surface area contributed by atoms with Gasteiger partial charge in [-0.3, -0.25) is 0 Å². The molecule has 0 spiro atoms. The van der Waals surface area contributed by atoms with E-state index < -0.39 is 0 Å². The van der Waals surface area contributed by atoms with Gasteiger partial charge in [0.2, 0.25) is 0 Å². The Balaban J connectivity index is 1.66. The Morgan fingerprint density at radius 1 is 1.29 bits per heavy atom. The normalized spacial score (nSPS) is 14.2. The van der Waals surface area contributed by atoms with Crippen LogP contribution in [0.5, 0.6) is 11.5 Å². The Hall–Kier alpha value is -2.01. The van der Waals surface area contributed by atoms with Crippen molar-refractivity contribution in [3.8, 4) is 11.5 Å². The van der Waals surface area contributed by atoms with E-state index in [9.17, 15) is 0 Å². The number of hydrogen-bond acceptors (Lipinski definition) is 5. The number of hydrogen-bond donors (Lipinski definition) is 1. The molecule has 0 bridgehead atoms. The van der Waals surface area contributed by atoms with Crippen molar-refractivity contribution in [1.82, 2.24) is 10.5 Å². The molecule has 21 heavy (non-hydrogen) atoms.